The molecular weight excluding hydrogens is 495 g/mol. The molecule has 0 spiro atoms. The second kappa shape index (κ2) is 10.7. The molecule has 0 saturated heterocycles. The van der Waals surface area contributed by atoms with Crippen molar-refractivity contribution in [3.8, 4) is 0 Å². The monoisotopic (exact) mass is 528 g/mol. The van der Waals surface area contributed by atoms with Crippen LogP contribution >= 0.6 is 35.3 Å². The van der Waals surface area contributed by atoms with Gasteiger partial charge in [0.05, 0.1) is 6.54 Å². The molecule has 8 heteroatoms. The number of nitrogens with one attached hydrogen (secondary N) is 2. The molecule has 1 saturated carbocycles. The fraction of sp³-hybridized carbons (Fsp3) is 0.667. The van der Waals surface area contributed by atoms with Crippen molar-refractivity contribution in [2.75, 3.05) is 13.6 Å². The van der Waals surface area contributed by atoms with Crippen molar-refractivity contribution in [2.24, 2.45) is 4.99 Å². The topological polar surface area (TPSA) is 67.1 Å². The predicted octanol–water partition coefficient (Wildman–Crippen LogP) is 4.25. The molecule has 3 heterocycles. The van der Waals surface area contributed by atoms with Gasteiger partial charge in [-0.15, -0.1) is 45.5 Å². The van der Waals surface area contributed by atoms with Gasteiger partial charge < -0.3 is 15.2 Å². The summed E-state index contributed by atoms with van der Waals surface area (Å²) in [5, 5.41) is 18.1. The molecule has 0 atom stereocenters. The SMILES string of the molecule is CN=C(NCc1nnc2n1CCCCC2)NCC1(c2cccs2)CCCCC1.I. The van der Waals surface area contributed by atoms with Crippen LogP contribution in [-0.4, -0.2) is 34.3 Å². The summed E-state index contributed by atoms with van der Waals surface area (Å²) in [4.78, 5) is 5.97. The van der Waals surface area contributed by atoms with Crippen molar-refractivity contribution in [1.82, 2.24) is 25.4 Å². The fourth-order valence-electron chi connectivity index (χ4n) is 4.63. The molecule has 2 aromatic rings. The van der Waals surface area contributed by atoms with Gasteiger partial charge >= 0.3 is 0 Å². The molecule has 0 radical (unpaired) electrons. The molecule has 4 rings (SSSR count). The second-order valence-electron chi connectivity index (χ2n) is 8.09. The van der Waals surface area contributed by atoms with Crippen LogP contribution in [0, 0.1) is 0 Å². The van der Waals surface area contributed by atoms with Gasteiger partial charge in [-0.2, -0.15) is 0 Å². The van der Waals surface area contributed by atoms with Crippen LogP contribution in [0.1, 0.15) is 67.9 Å². The van der Waals surface area contributed by atoms with E-state index in [1.165, 1.54) is 56.2 Å². The lowest BCUT2D eigenvalue weighted by molar-refractivity contribution is 0.296. The lowest BCUT2D eigenvalue weighted by atomic mass is 9.73. The maximum atomic E-state index is 4.46. The molecule has 0 unspecified atom stereocenters. The molecule has 1 fully saturated rings. The van der Waals surface area contributed by atoms with E-state index >= 15 is 0 Å². The quantitative estimate of drug-likeness (QED) is 0.346. The summed E-state index contributed by atoms with van der Waals surface area (Å²) in [5.74, 6) is 3.01. The van der Waals surface area contributed by atoms with Gasteiger partial charge in [-0.1, -0.05) is 31.7 Å². The summed E-state index contributed by atoms with van der Waals surface area (Å²) < 4.78 is 2.29. The van der Waals surface area contributed by atoms with Crippen LogP contribution < -0.4 is 10.6 Å². The van der Waals surface area contributed by atoms with Gasteiger partial charge in [0.2, 0.25) is 0 Å². The highest BCUT2D eigenvalue weighted by Gasteiger charge is 2.34. The maximum Gasteiger partial charge on any atom is 0.191 e. The fourth-order valence-corrected chi connectivity index (χ4v) is 5.62. The molecule has 1 aliphatic heterocycles. The van der Waals surface area contributed by atoms with Gasteiger partial charge in [0.1, 0.15) is 5.82 Å². The van der Waals surface area contributed by atoms with E-state index in [4.69, 9.17) is 0 Å². The standard InChI is InChI=1S/C21H32N6S.HI/c1-22-20(23-15-19-26-25-18-10-4-2-7-13-27(18)19)24-16-21(11-5-3-6-12-21)17-9-8-14-28-17;/h8-9,14H,2-7,10-13,15-16H2,1H3,(H2,22,23,24);1H. The highest BCUT2D eigenvalue weighted by molar-refractivity contribution is 14.0. The molecule has 2 N–H and O–H groups in total. The molecule has 160 valence electrons. The van der Waals surface area contributed by atoms with Crippen molar-refractivity contribution in [2.45, 2.75) is 76.3 Å². The van der Waals surface area contributed by atoms with Gasteiger partial charge in [0.15, 0.2) is 11.8 Å². The Labute approximate surface area is 195 Å². The van der Waals surface area contributed by atoms with Crippen molar-refractivity contribution >= 4 is 41.3 Å². The second-order valence-corrected chi connectivity index (χ2v) is 9.04. The Bertz CT molecular complexity index is 779. The summed E-state index contributed by atoms with van der Waals surface area (Å²) in [6.45, 7) is 2.64. The first kappa shape index (κ1) is 22.5. The van der Waals surface area contributed by atoms with Crippen molar-refractivity contribution in [3.63, 3.8) is 0 Å². The Hall–Kier alpha value is -1.16. The highest BCUT2D eigenvalue weighted by Crippen LogP contribution is 2.41. The van der Waals surface area contributed by atoms with E-state index in [9.17, 15) is 0 Å². The molecule has 0 amide bonds. The smallest absolute Gasteiger partial charge is 0.191 e. The third-order valence-corrected chi connectivity index (χ3v) is 7.39. The van der Waals surface area contributed by atoms with Crippen LogP contribution in [0.4, 0.5) is 0 Å². The van der Waals surface area contributed by atoms with Crippen LogP contribution in [0.25, 0.3) is 0 Å². The molecule has 2 aliphatic rings. The first-order chi connectivity index (χ1) is 13.8. The van der Waals surface area contributed by atoms with Crippen LogP contribution in [0.2, 0.25) is 0 Å². The zero-order valence-corrected chi connectivity index (χ0v) is 20.5. The Kier molecular flexibility index (Phi) is 8.35. The average Bonchev–Trinajstić information content (AvgIpc) is 3.35. The molecular formula is C21H33IN6S. The average molecular weight is 529 g/mol. The van der Waals surface area contributed by atoms with E-state index < -0.39 is 0 Å². The van der Waals surface area contributed by atoms with Crippen LogP contribution in [0.15, 0.2) is 22.5 Å². The van der Waals surface area contributed by atoms with Gasteiger partial charge in [0, 0.05) is 36.9 Å². The third-order valence-electron chi connectivity index (χ3n) is 6.27. The van der Waals surface area contributed by atoms with E-state index in [-0.39, 0.29) is 29.4 Å². The van der Waals surface area contributed by atoms with Crippen molar-refractivity contribution < 1.29 is 0 Å². The Morgan fingerprint density at radius 3 is 2.72 bits per heavy atom. The minimum absolute atomic E-state index is 0. The first-order valence-corrected chi connectivity index (χ1v) is 11.6. The number of aryl methyl sites for hydroxylation is 1. The van der Waals surface area contributed by atoms with E-state index in [1.54, 1.807) is 0 Å². The van der Waals surface area contributed by atoms with Gasteiger partial charge in [-0.25, -0.2) is 0 Å². The summed E-state index contributed by atoms with van der Waals surface area (Å²) in [5.41, 5.74) is 0.246. The summed E-state index contributed by atoms with van der Waals surface area (Å²) in [6.07, 6.45) is 11.3. The normalized spacial score (nSPS) is 19.0. The number of fused-ring (bicyclic) bond motifs is 1. The van der Waals surface area contributed by atoms with E-state index in [1.807, 2.05) is 18.4 Å². The van der Waals surface area contributed by atoms with E-state index in [0.29, 0.717) is 6.54 Å². The number of hydrogen-bond acceptors (Lipinski definition) is 4. The van der Waals surface area contributed by atoms with Crippen molar-refractivity contribution in [3.05, 3.63) is 34.0 Å². The lowest BCUT2D eigenvalue weighted by Crippen LogP contribution is -2.46. The molecule has 0 aromatic carbocycles. The Morgan fingerprint density at radius 2 is 1.97 bits per heavy atom. The molecule has 0 bridgehead atoms. The number of aliphatic imine (C=N–C) groups is 1. The number of thiophene rings is 1. The summed E-state index contributed by atoms with van der Waals surface area (Å²) in [6, 6.07) is 4.49. The number of hydrogen-bond donors (Lipinski definition) is 2. The van der Waals surface area contributed by atoms with Gasteiger partial charge in [-0.05, 0) is 37.1 Å². The lowest BCUT2D eigenvalue weighted by Gasteiger charge is -2.37. The summed E-state index contributed by atoms with van der Waals surface area (Å²) >= 11 is 1.89. The zero-order chi connectivity index (χ0) is 19.2. The minimum Gasteiger partial charge on any atom is -0.355 e. The molecule has 1 aliphatic carbocycles. The number of nitrogens with zero attached hydrogens (tertiary/aromatic N) is 4. The van der Waals surface area contributed by atoms with Gasteiger partial charge in [-0.3, -0.25) is 4.99 Å². The van der Waals surface area contributed by atoms with Gasteiger partial charge in [0.25, 0.3) is 0 Å². The maximum absolute atomic E-state index is 4.46. The van der Waals surface area contributed by atoms with Crippen LogP contribution in [0.3, 0.4) is 0 Å². The molecule has 29 heavy (non-hydrogen) atoms. The summed E-state index contributed by atoms with van der Waals surface area (Å²) in [7, 11) is 1.85. The van der Waals surface area contributed by atoms with E-state index in [2.05, 4.69) is 47.9 Å². The molecule has 2 aromatic heterocycles. The third kappa shape index (κ3) is 5.31. The largest absolute Gasteiger partial charge is 0.355 e. The van der Waals surface area contributed by atoms with E-state index in [0.717, 1.165) is 37.1 Å². The first-order valence-electron chi connectivity index (χ1n) is 10.7. The number of rotatable bonds is 5. The van der Waals surface area contributed by atoms with Crippen LogP contribution in [-0.2, 0) is 24.9 Å². The molecule has 6 nitrogen and oxygen atoms in total. The number of guanidine groups is 1. The highest BCUT2D eigenvalue weighted by atomic mass is 127. The Morgan fingerprint density at radius 1 is 1.14 bits per heavy atom. The predicted molar refractivity (Wildman–Crippen MR) is 130 cm³/mol. The Balaban J connectivity index is 0.00000240. The van der Waals surface area contributed by atoms with Crippen molar-refractivity contribution in [1.29, 1.82) is 0 Å². The number of aromatic nitrogens is 3. The minimum atomic E-state index is 0. The zero-order valence-electron chi connectivity index (χ0n) is 17.3. The van der Waals surface area contributed by atoms with Crippen LogP contribution in [0.5, 0.6) is 0 Å². The number of halogens is 1.